The van der Waals surface area contributed by atoms with Crippen molar-refractivity contribution in [3.8, 4) is 18.1 Å². The Labute approximate surface area is 154 Å². The monoisotopic (exact) mass is 386 g/mol. The third kappa shape index (κ3) is 5.46. The molecule has 0 bridgehead atoms. The van der Waals surface area contributed by atoms with E-state index in [2.05, 4.69) is 34.2 Å². The average Bonchev–Trinajstić information content (AvgIpc) is 2.63. The minimum atomic E-state index is -5.79. The Kier molecular flexibility index (Phi) is 6.47. The summed E-state index contributed by atoms with van der Waals surface area (Å²) >= 11 is 0. The van der Waals surface area contributed by atoms with E-state index in [9.17, 15) is 22.0 Å². The highest BCUT2D eigenvalue weighted by atomic mass is 19.4. The number of hydrogen-bond acceptors (Lipinski definition) is 3. The van der Waals surface area contributed by atoms with E-state index in [4.69, 9.17) is 6.42 Å². The molecule has 0 aromatic heterocycles. The van der Waals surface area contributed by atoms with E-state index in [1.165, 1.54) is 12.1 Å². The van der Waals surface area contributed by atoms with E-state index >= 15 is 0 Å². The van der Waals surface area contributed by atoms with Crippen LogP contribution in [0.2, 0.25) is 0 Å². The standard InChI is InChI=1S/C19H19F5N2O/c1-3-13-5-7-14(8-6-13)17(4-2)26-25-15-9-11-16(12-10-15)27-19(23,24)18(20,21)22/h2,7,9-13,25H,3,5-6,8H2,1H3/b26-17+. The van der Waals surface area contributed by atoms with Crippen molar-refractivity contribution in [3.63, 3.8) is 0 Å². The smallest absolute Gasteiger partial charge is 0.426 e. The first-order valence-electron chi connectivity index (χ1n) is 8.39. The Morgan fingerprint density at radius 1 is 1.26 bits per heavy atom. The first kappa shape index (κ1) is 20.7. The van der Waals surface area contributed by atoms with Crippen molar-refractivity contribution in [2.45, 2.75) is 44.9 Å². The van der Waals surface area contributed by atoms with Gasteiger partial charge in [0.15, 0.2) is 0 Å². The third-order valence-corrected chi connectivity index (χ3v) is 4.26. The molecule has 1 aromatic rings. The first-order valence-corrected chi connectivity index (χ1v) is 8.39. The zero-order valence-electron chi connectivity index (χ0n) is 14.6. The molecule has 2 rings (SSSR count). The number of nitrogens with one attached hydrogen (secondary N) is 1. The Bertz CT molecular complexity index is 745. The quantitative estimate of drug-likeness (QED) is 0.292. The molecule has 0 spiro atoms. The number of hydrogen-bond donors (Lipinski definition) is 1. The van der Waals surface area contributed by atoms with Gasteiger partial charge in [-0.25, -0.2) is 0 Å². The van der Waals surface area contributed by atoms with Gasteiger partial charge in [0.05, 0.1) is 5.69 Å². The number of allylic oxidation sites excluding steroid dienone is 2. The predicted molar refractivity (Wildman–Crippen MR) is 93.7 cm³/mol. The Balaban J connectivity index is 2.02. The van der Waals surface area contributed by atoms with Crippen LogP contribution in [0.3, 0.4) is 0 Å². The molecule has 1 atom stereocenters. The van der Waals surface area contributed by atoms with Gasteiger partial charge in [-0.05, 0) is 60.9 Å². The Hall–Kier alpha value is -2.56. The molecular weight excluding hydrogens is 367 g/mol. The van der Waals surface area contributed by atoms with Crippen LogP contribution in [0, 0.1) is 18.3 Å². The van der Waals surface area contributed by atoms with Gasteiger partial charge in [0.2, 0.25) is 0 Å². The summed E-state index contributed by atoms with van der Waals surface area (Å²) in [6.07, 6.45) is 0.399. The molecule has 1 N–H and O–H groups in total. The molecule has 27 heavy (non-hydrogen) atoms. The van der Waals surface area contributed by atoms with E-state index in [1.54, 1.807) is 0 Å². The van der Waals surface area contributed by atoms with Crippen LogP contribution in [0.4, 0.5) is 27.6 Å². The molecule has 3 nitrogen and oxygen atoms in total. The maximum atomic E-state index is 12.9. The molecule has 0 heterocycles. The van der Waals surface area contributed by atoms with Crippen LogP contribution >= 0.6 is 0 Å². The molecular formula is C19H19F5N2O. The summed E-state index contributed by atoms with van der Waals surface area (Å²) < 4.78 is 65.9. The van der Waals surface area contributed by atoms with E-state index in [1.807, 2.05) is 0 Å². The van der Waals surface area contributed by atoms with Gasteiger partial charge in [-0.15, -0.1) is 6.42 Å². The van der Waals surface area contributed by atoms with Crippen LogP contribution in [-0.2, 0) is 0 Å². The molecule has 0 fully saturated rings. The van der Waals surface area contributed by atoms with E-state index in [-0.39, 0.29) is 0 Å². The van der Waals surface area contributed by atoms with Gasteiger partial charge in [0, 0.05) is 0 Å². The summed E-state index contributed by atoms with van der Waals surface area (Å²) in [6, 6.07) is 4.50. The molecule has 0 saturated heterocycles. The number of ether oxygens (including phenoxy) is 1. The highest BCUT2D eigenvalue weighted by Gasteiger charge is 2.61. The van der Waals surface area contributed by atoms with Crippen molar-refractivity contribution in [3.05, 3.63) is 35.9 Å². The molecule has 0 amide bonds. The average molecular weight is 386 g/mol. The van der Waals surface area contributed by atoms with E-state index in [0.717, 1.165) is 43.4 Å². The van der Waals surface area contributed by atoms with Crippen LogP contribution in [0.25, 0.3) is 0 Å². The van der Waals surface area contributed by atoms with Gasteiger partial charge in [0.25, 0.3) is 0 Å². The van der Waals surface area contributed by atoms with Crippen LogP contribution in [0.1, 0.15) is 32.6 Å². The number of rotatable bonds is 6. The van der Waals surface area contributed by atoms with Crippen molar-refractivity contribution >= 4 is 11.4 Å². The summed E-state index contributed by atoms with van der Waals surface area (Å²) in [6.45, 7) is 2.14. The minimum Gasteiger partial charge on any atom is -0.426 e. The van der Waals surface area contributed by atoms with Crippen molar-refractivity contribution in [2.24, 2.45) is 11.0 Å². The first-order chi connectivity index (χ1) is 12.7. The van der Waals surface area contributed by atoms with Gasteiger partial charge in [-0.1, -0.05) is 19.4 Å². The Morgan fingerprint density at radius 2 is 1.93 bits per heavy atom. The maximum Gasteiger partial charge on any atom is 0.499 e. The number of terminal acetylenes is 1. The van der Waals surface area contributed by atoms with Crippen molar-refractivity contribution < 1.29 is 26.7 Å². The molecule has 1 unspecified atom stereocenters. The molecule has 0 saturated carbocycles. The normalized spacial score (nSPS) is 18.5. The van der Waals surface area contributed by atoms with Gasteiger partial charge in [-0.3, -0.25) is 5.43 Å². The van der Waals surface area contributed by atoms with Crippen molar-refractivity contribution in [2.75, 3.05) is 5.43 Å². The number of nitrogens with zero attached hydrogens (tertiary/aromatic N) is 1. The zero-order valence-corrected chi connectivity index (χ0v) is 14.6. The molecule has 0 aliphatic heterocycles. The second-order valence-electron chi connectivity index (χ2n) is 6.14. The highest BCUT2D eigenvalue weighted by molar-refractivity contribution is 6.12. The Morgan fingerprint density at radius 3 is 2.41 bits per heavy atom. The number of alkyl halides is 5. The van der Waals surface area contributed by atoms with Gasteiger partial charge in [-0.2, -0.15) is 27.1 Å². The summed E-state index contributed by atoms with van der Waals surface area (Å²) in [5.74, 6) is 2.53. The lowest BCUT2D eigenvalue weighted by Crippen LogP contribution is -2.41. The van der Waals surface area contributed by atoms with Crippen LogP contribution in [0.15, 0.2) is 41.0 Å². The van der Waals surface area contributed by atoms with E-state index in [0.29, 0.717) is 17.3 Å². The zero-order chi connectivity index (χ0) is 20.1. The lowest BCUT2D eigenvalue weighted by atomic mass is 9.86. The number of halogens is 5. The molecule has 1 aliphatic carbocycles. The molecule has 0 radical (unpaired) electrons. The summed E-state index contributed by atoms with van der Waals surface area (Å²) in [4.78, 5) is 0. The van der Waals surface area contributed by atoms with Crippen molar-refractivity contribution in [1.29, 1.82) is 0 Å². The maximum absolute atomic E-state index is 12.9. The molecule has 1 aliphatic rings. The van der Waals surface area contributed by atoms with Gasteiger partial charge < -0.3 is 4.74 Å². The van der Waals surface area contributed by atoms with Crippen LogP contribution < -0.4 is 10.2 Å². The molecule has 8 heteroatoms. The summed E-state index contributed by atoms with van der Waals surface area (Å²) in [5.41, 5.74) is 4.44. The number of hydrazone groups is 1. The van der Waals surface area contributed by atoms with Crippen LogP contribution in [-0.4, -0.2) is 18.0 Å². The fourth-order valence-corrected chi connectivity index (χ4v) is 2.59. The largest absolute Gasteiger partial charge is 0.499 e. The lowest BCUT2D eigenvalue weighted by molar-refractivity contribution is -0.360. The fraction of sp³-hybridized carbons (Fsp3) is 0.421. The van der Waals surface area contributed by atoms with Gasteiger partial charge in [0.1, 0.15) is 11.5 Å². The highest BCUT2D eigenvalue weighted by Crippen LogP contribution is 2.37. The number of anilines is 1. The van der Waals surface area contributed by atoms with E-state index < -0.39 is 18.0 Å². The minimum absolute atomic E-state index is 0.369. The second kappa shape index (κ2) is 8.42. The molecule has 146 valence electrons. The SMILES string of the molecule is C#C/C(=N\Nc1ccc(OC(F)(F)C(F)(F)F)cc1)C1=CCC(CC)CC1. The van der Waals surface area contributed by atoms with Crippen molar-refractivity contribution in [1.82, 2.24) is 0 Å². The fourth-order valence-electron chi connectivity index (χ4n) is 2.59. The number of benzene rings is 1. The predicted octanol–water partition coefficient (Wildman–Crippen LogP) is 5.76. The second-order valence-corrected chi connectivity index (χ2v) is 6.14. The topological polar surface area (TPSA) is 33.6 Å². The van der Waals surface area contributed by atoms with Gasteiger partial charge >= 0.3 is 12.3 Å². The van der Waals surface area contributed by atoms with Crippen LogP contribution in [0.5, 0.6) is 5.75 Å². The molecule has 1 aromatic carbocycles. The summed E-state index contributed by atoms with van der Waals surface area (Å²) in [5, 5.41) is 4.12. The summed E-state index contributed by atoms with van der Waals surface area (Å²) in [7, 11) is 0. The third-order valence-electron chi connectivity index (χ3n) is 4.26. The lowest BCUT2D eigenvalue weighted by Gasteiger charge is -2.20.